The van der Waals surface area contributed by atoms with E-state index in [-0.39, 0.29) is 12.2 Å². The van der Waals surface area contributed by atoms with E-state index >= 15 is 0 Å². The standard InChI is InChI=1S/C17H18ClNO3/c18-9-1-3-10(4-2-9)19-17(20)22-13-6-8-5-11(13)12-7-14-16(21-14)15(8)12/h1-4,8,11-16H,5-7H2,(H,19,20)/t8-,11+,12+,13-,14+,15+,16-/m1/s1. The van der Waals surface area contributed by atoms with Gasteiger partial charge in [0.1, 0.15) is 6.10 Å². The monoisotopic (exact) mass is 319 g/mol. The molecular formula is C17H18ClNO3. The number of amides is 1. The molecule has 7 atom stereocenters. The lowest BCUT2D eigenvalue weighted by atomic mass is 9.79. The Hall–Kier alpha value is -1.26. The topological polar surface area (TPSA) is 50.9 Å². The minimum atomic E-state index is -0.351. The predicted octanol–water partition coefficient (Wildman–Crippen LogP) is 3.70. The zero-order valence-electron chi connectivity index (χ0n) is 12.1. The molecule has 0 spiro atoms. The number of carbonyl (C=O) groups excluding carboxylic acids is 1. The first-order chi connectivity index (χ1) is 10.7. The van der Waals surface area contributed by atoms with Crippen LogP contribution < -0.4 is 5.32 Å². The van der Waals surface area contributed by atoms with E-state index in [9.17, 15) is 4.79 Å². The van der Waals surface area contributed by atoms with Crippen molar-refractivity contribution in [3.8, 4) is 0 Å². The summed E-state index contributed by atoms with van der Waals surface area (Å²) in [5.74, 6) is 2.70. The first-order valence-corrected chi connectivity index (χ1v) is 8.45. The SMILES string of the molecule is O=C(Nc1ccc(Cl)cc1)O[C@@H]1C[C@H]2C[C@H]1[C@@H]1C[C@@H]3O[C@H]3[C@@H]21. The third kappa shape index (κ3) is 1.97. The molecule has 3 aliphatic carbocycles. The van der Waals surface area contributed by atoms with Crippen LogP contribution in [0.1, 0.15) is 19.3 Å². The summed E-state index contributed by atoms with van der Waals surface area (Å²) in [6, 6.07) is 7.07. The van der Waals surface area contributed by atoms with Gasteiger partial charge in [-0.3, -0.25) is 5.32 Å². The zero-order chi connectivity index (χ0) is 14.8. The van der Waals surface area contributed by atoms with Crippen molar-refractivity contribution in [2.45, 2.75) is 37.6 Å². The van der Waals surface area contributed by atoms with Crippen molar-refractivity contribution in [1.82, 2.24) is 0 Å². The molecule has 1 amide bonds. The third-order valence-corrected chi connectivity index (χ3v) is 6.28. The number of rotatable bonds is 2. The summed E-state index contributed by atoms with van der Waals surface area (Å²) in [5.41, 5.74) is 0.714. The van der Waals surface area contributed by atoms with E-state index in [2.05, 4.69) is 5.32 Å². The summed E-state index contributed by atoms with van der Waals surface area (Å²) in [5, 5.41) is 3.44. The lowest BCUT2D eigenvalue weighted by molar-refractivity contribution is 0.0251. The molecule has 2 bridgehead atoms. The second kappa shape index (κ2) is 4.62. The smallest absolute Gasteiger partial charge is 0.411 e. The van der Waals surface area contributed by atoms with Gasteiger partial charge in [-0.1, -0.05) is 11.6 Å². The number of fused-ring (bicyclic) bond motifs is 7. The number of epoxide rings is 1. The molecule has 22 heavy (non-hydrogen) atoms. The Morgan fingerprint density at radius 1 is 1.18 bits per heavy atom. The van der Waals surface area contributed by atoms with Gasteiger partial charge < -0.3 is 9.47 Å². The molecule has 1 aromatic carbocycles. The second-order valence-corrected chi connectivity index (χ2v) is 7.52. The maximum atomic E-state index is 12.1. The van der Waals surface area contributed by atoms with Crippen LogP contribution in [-0.2, 0) is 9.47 Å². The van der Waals surface area contributed by atoms with Crippen molar-refractivity contribution in [3.63, 3.8) is 0 Å². The van der Waals surface area contributed by atoms with Crippen LogP contribution in [0.5, 0.6) is 0 Å². The molecule has 1 saturated heterocycles. The van der Waals surface area contributed by atoms with Gasteiger partial charge in [-0.2, -0.15) is 0 Å². The van der Waals surface area contributed by atoms with Crippen LogP contribution in [0.25, 0.3) is 0 Å². The Labute approximate surface area is 134 Å². The summed E-state index contributed by atoms with van der Waals surface area (Å²) in [7, 11) is 0. The van der Waals surface area contributed by atoms with Crippen LogP contribution in [0.4, 0.5) is 10.5 Å². The van der Waals surface area contributed by atoms with E-state index in [0.717, 1.165) is 18.3 Å². The van der Waals surface area contributed by atoms with Crippen molar-refractivity contribution in [2.24, 2.45) is 23.7 Å². The minimum Gasteiger partial charge on any atom is -0.446 e. The van der Waals surface area contributed by atoms with Crippen molar-refractivity contribution in [1.29, 1.82) is 0 Å². The fraction of sp³-hybridized carbons (Fsp3) is 0.588. The molecule has 1 heterocycles. The first-order valence-electron chi connectivity index (χ1n) is 8.08. The van der Waals surface area contributed by atoms with Gasteiger partial charge in [-0.05, 0) is 67.2 Å². The Balaban J connectivity index is 1.22. The Bertz CT molecular complexity index is 619. The highest BCUT2D eigenvalue weighted by atomic mass is 35.5. The maximum Gasteiger partial charge on any atom is 0.411 e. The molecule has 3 saturated carbocycles. The summed E-state index contributed by atoms with van der Waals surface area (Å²) >= 11 is 5.84. The van der Waals surface area contributed by atoms with E-state index in [1.807, 2.05) is 0 Å². The molecule has 5 heteroatoms. The molecule has 4 nitrogen and oxygen atoms in total. The van der Waals surface area contributed by atoms with Crippen LogP contribution in [0, 0.1) is 23.7 Å². The number of carbonyl (C=O) groups is 1. The largest absolute Gasteiger partial charge is 0.446 e. The number of benzene rings is 1. The molecule has 1 N–H and O–H groups in total. The van der Waals surface area contributed by atoms with Crippen LogP contribution in [-0.4, -0.2) is 24.4 Å². The van der Waals surface area contributed by atoms with E-state index < -0.39 is 0 Å². The Morgan fingerprint density at radius 2 is 2.00 bits per heavy atom. The van der Waals surface area contributed by atoms with Gasteiger partial charge in [-0.25, -0.2) is 4.79 Å². The molecular weight excluding hydrogens is 302 g/mol. The van der Waals surface area contributed by atoms with Crippen molar-refractivity contribution < 1.29 is 14.3 Å². The molecule has 0 aromatic heterocycles. The third-order valence-electron chi connectivity index (χ3n) is 6.03. The number of anilines is 1. The average Bonchev–Trinajstić information content (AvgIpc) is 2.84. The van der Waals surface area contributed by atoms with Crippen molar-refractivity contribution >= 4 is 23.4 Å². The highest BCUT2D eigenvalue weighted by molar-refractivity contribution is 6.30. The number of nitrogens with one attached hydrogen (secondary N) is 1. The van der Waals surface area contributed by atoms with Crippen LogP contribution in [0.2, 0.25) is 5.02 Å². The number of hydrogen-bond acceptors (Lipinski definition) is 3. The number of ether oxygens (including phenoxy) is 2. The maximum absolute atomic E-state index is 12.1. The normalized spacial score (nSPS) is 43.6. The van der Waals surface area contributed by atoms with E-state index in [1.54, 1.807) is 24.3 Å². The molecule has 4 aliphatic rings. The highest BCUT2D eigenvalue weighted by Gasteiger charge is 2.67. The van der Waals surface area contributed by atoms with Gasteiger partial charge in [-0.15, -0.1) is 0 Å². The van der Waals surface area contributed by atoms with Crippen LogP contribution in [0.3, 0.4) is 0 Å². The van der Waals surface area contributed by atoms with Gasteiger partial charge in [0, 0.05) is 10.7 Å². The van der Waals surface area contributed by atoms with Gasteiger partial charge in [0.15, 0.2) is 0 Å². The number of hydrogen-bond donors (Lipinski definition) is 1. The molecule has 1 aliphatic heterocycles. The summed E-state index contributed by atoms with van der Waals surface area (Å²) < 4.78 is 11.4. The van der Waals surface area contributed by atoms with E-state index in [0.29, 0.717) is 34.8 Å². The Kier molecular flexibility index (Phi) is 2.77. The molecule has 0 unspecified atom stereocenters. The molecule has 5 rings (SSSR count). The molecule has 0 radical (unpaired) electrons. The molecule has 116 valence electrons. The lowest BCUT2D eigenvalue weighted by Gasteiger charge is -2.32. The average molecular weight is 320 g/mol. The fourth-order valence-electron chi connectivity index (χ4n) is 5.22. The molecule has 1 aromatic rings. The van der Waals surface area contributed by atoms with Gasteiger partial charge in [0.2, 0.25) is 0 Å². The van der Waals surface area contributed by atoms with E-state index in [1.165, 1.54) is 12.8 Å². The van der Waals surface area contributed by atoms with Crippen molar-refractivity contribution in [3.05, 3.63) is 29.3 Å². The highest BCUT2D eigenvalue weighted by Crippen LogP contribution is 2.64. The molecule has 4 fully saturated rings. The Morgan fingerprint density at radius 3 is 2.82 bits per heavy atom. The van der Waals surface area contributed by atoms with Crippen LogP contribution >= 0.6 is 11.6 Å². The van der Waals surface area contributed by atoms with Gasteiger partial charge >= 0.3 is 6.09 Å². The minimum absolute atomic E-state index is 0.0797. The van der Waals surface area contributed by atoms with Crippen LogP contribution in [0.15, 0.2) is 24.3 Å². The first kappa shape index (κ1) is 13.2. The van der Waals surface area contributed by atoms with Gasteiger partial charge in [0.25, 0.3) is 0 Å². The fourth-order valence-corrected chi connectivity index (χ4v) is 5.35. The number of halogens is 1. The predicted molar refractivity (Wildman–Crippen MR) is 81.8 cm³/mol. The summed E-state index contributed by atoms with van der Waals surface area (Å²) in [6.45, 7) is 0. The summed E-state index contributed by atoms with van der Waals surface area (Å²) in [4.78, 5) is 12.1. The zero-order valence-corrected chi connectivity index (χ0v) is 12.8. The lowest BCUT2D eigenvalue weighted by Crippen LogP contribution is -2.35. The van der Waals surface area contributed by atoms with Crippen molar-refractivity contribution in [2.75, 3.05) is 5.32 Å². The van der Waals surface area contributed by atoms with E-state index in [4.69, 9.17) is 21.1 Å². The second-order valence-electron chi connectivity index (χ2n) is 7.09. The quantitative estimate of drug-likeness (QED) is 0.846. The summed E-state index contributed by atoms with van der Waals surface area (Å²) in [6.07, 6.45) is 4.17. The van der Waals surface area contributed by atoms with Gasteiger partial charge in [0.05, 0.1) is 12.2 Å².